The van der Waals surface area contributed by atoms with Crippen LogP contribution in [0.3, 0.4) is 0 Å². The van der Waals surface area contributed by atoms with E-state index in [2.05, 4.69) is 4.74 Å². The number of benzene rings is 2. The number of imide groups is 1. The van der Waals surface area contributed by atoms with E-state index >= 15 is 0 Å². The third-order valence-corrected chi connectivity index (χ3v) is 6.44. The van der Waals surface area contributed by atoms with Crippen molar-refractivity contribution in [2.45, 2.75) is 19.5 Å². The molecule has 3 aromatic rings. The molecule has 1 fully saturated rings. The lowest BCUT2D eigenvalue weighted by atomic mass is 10.1. The van der Waals surface area contributed by atoms with Gasteiger partial charge in [-0.2, -0.15) is 0 Å². The van der Waals surface area contributed by atoms with Crippen molar-refractivity contribution in [1.29, 1.82) is 0 Å². The fourth-order valence-electron chi connectivity index (χ4n) is 3.86. The summed E-state index contributed by atoms with van der Waals surface area (Å²) in [6.07, 6.45) is 3.56. The molecule has 0 radical (unpaired) electrons. The Labute approximate surface area is 200 Å². The van der Waals surface area contributed by atoms with Gasteiger partial charge in [0.2, 0.25) is 0 Å². The lowest BCUT2D eigenvalue weighted by Gasteiger charge is -2.18. The van der Waals surface area contributed by atoms with Gasteiger partial charge in [-0.15, -0.1) is 0 Å². The molecule has 2 heterocycles. The number of hydrogen-bond acceptors (Lipinski definition) is 7. The van der Waals surface area contributed by atoms with Gasteiger partial charge in [0.15, 0.2) is 0 Å². The molecule has 0 unspecified atom stereocenters. The van der Waals surface area contributed by atoms with Crippen LogP contribution in [-0.2, 0) is 25.6 Å². The van der Waals surface area contributed by atoms with Crippen LogP contribution < -0.4 is 0 Å². The first-order valence-corrected chi connectivity index (χ1v) is 11.3. The van der Waals surface area contributed by atoms with Crippen molar-refractivity contribution < 1.29 is 28.7 Å². The summed E-state index contributed by atoms with van der Waals surface area (Å²) in [5, 5.41) is 0.386. The number of thioether (sulfide) groups is 1. The summed E-state index contributed by atoms with van der Waals surface area (Å²) in [6.45, 7) is 1.94. The Kier molecular flexibility index (Phi) is 6.56. The Bertz CT molecular complexity index is 1340. The molecule has 1 atom stereocenters. The highest BCUT2D eigenvalue weighted by atomic mass is 32.2. The van der Waals surface area contributed by atoms with E-state index < -0.39 is 29.1 Å². The number of fused-ring (bicyclic) bond motifs is 1. The summed E-state index contributed by atoms with van der Waals surface area (Å²) in [5.74, 6) is -1.60. The largest absolute Gasteiger partial charge is 0.467 e. The molecule has 2 aromatic carbocycles. The van der Waals surface area contributed by atoms with Gasteiger partial charge < -0.3 is 14.0 Å². The zero-order valence-corrected chi connectivity index (χ0v) is 19.6. The van der Waals surface area contributed by atoms with Gasteiger partial charge in [0, 0.05) is 29.2 Å². The monoisotopic (exact) mass is 478 g/mol. The van der Waals surface area contributed by atoms with Gasteiger partial charge in [0.1, 0.15) is 6.04 Å². The van der Waals surface area contributed by atoms with Crippen molar-refractivity contribution in [3.8, 4) is 0 Å². The number of rotatable bonds is 6. The van der Waals surface area contributed by atoms with Crippen LogP contribution in [0.15, 0.2) is 59.6 Å². The molecule has 174 valence electrons. The quantitative estimate of drug-likeness (QED) is 0.389. The molecule has 1 aliphatic rings. The molecule has 8 nitrogen and oxygen atoms in total. The third kappa shape index (κ3) is 4.34. The standard InChI is InChI=1S/C25H22N2O6S/c1-15(23(29)32-2)27-22(28)21(34-25(27)31)12-18-14-26(20-10-5-4-9-19(18)20)13-16-7-6-8-17(11-16)24(30)33-3/h4-12,14-15H,13H2,1-3H3/b21-12+/t15-/m0/s1. The van der Waals surface area contributed by atoms with Crippen molar-refractivity contribution in [3.05, 3.63) is 76.3 Å². The van der Waals surface area contributed by atoms with Crippen LogP contribution in [0, 0.1) is 0 Å². The van der Waals surface area contributed by atoms with Crippen LogP contribution in [0.5, 0.6) is 0 Å². The molecule has 4 rings (SSSR count). The summed E-state index contributed by atoms with van der Waals surface area (Å²) in [6, 6.07) is 13.9. The Hall–Kier alpha value is -3.85. The maximum absolute atomic E-state index is 12.9. The maximum Gasteiger partial charge on any atom is 0.337 e. The van der Waals surface area contributed by atoms with E-state index in [4.69, 9.17) is 4.74 Å². The first-order valence-electron chi connectivity index (χ1n) is 10.4. The first-order chi connectivity index (χ1) is 16.3. The smallest absolute Gasteiger partial charge is 0.337 e. The van der Waals surface area contributed by atoms with Crippen LogP contribution in [0.4, 0.5) is 4.79 Å². The minimum atomic E-state index is -1.01. The SMILES string of the molecule is COC(=O)c1cccc(Cn2cc(/C=C3/SC(=O)N([C@@H](C)C(=O)OC)C3=O)c3ccccc32)c1. The minimum Gasteiger partial charge on any atom is -0.467 e. The van der Waals surface area contributed by atoms with Crippen LogP contribution >= 0.6 is 11.8 Å². The second-order valence-electron chi connectivity index (χ2n) is 7.67. The van der Waals surface area contributed by atoms with E-state index in [0.717, 1.165) is 38.7 Å². The molecule has 2 amide bonds. The van der Waals surface area contributed by atoms with E-state index in [-0.39, 0.29) is 4.91 Å². The Morgan fingerprint density at radius 2 is 1.82 bits per heavy atom. The summed E-state index contributed by atoms with van der Waals surface area (Å²) in [4.78, 5) is 50.3. The fourth-order valence-corrected chi connectivity index (χ4v) is 4.76. The van der Waals surface area contributed by atoms with E-state index in [1.807, 2.05) is 41.1 Å². The Balaban J connectivity index is 1.69. The van der Waals surface area contributed by atoms with E-state index in [1.54, 1.807) is 24.3 Å². The van der Waals surface area contributed by atoms with Gasteiger partial charge in [-0.1, -0.05) is 30.3 Å². The first kappa shape index (κ1) is 23.3. The van der Waals surface area contributed by atoms with E-state index in [9.17, 15) is 19.2 Å². The van der Waals surface area contributed by atoms with Crippen molar-refractivity contribution in [1.82, 2.24) is 9.47 Å². The molecular weight excluding hydrogens is 456 g/mol. The molecule has 1 saturated heterocycles. The summed E-state index contributed by atoms with van der Waals surface area (Å²) >= 11 is 0.792. The number of amides is 2. The third-order valence-electron chi connectivity index (χ3n) is 5.56. The van der Waals surface area contributed by atoms with Crippen molar-refractivity contribution in [3.63, 3.8) is 0 Å². The van der Waals surface area contributed by atoms with Gasteiger partial charge >= 0.3 is 11.9 Å². The summed E-state index contributed by atoms with van der Waals surface area (Å²) < 4.78 is 11.5. The molecule has 1 aliphatic heterocycles. The molecule has 9 heteroatoms. The second kappa shape index (κ2) is 9.56. The molecule has 1 aromatic heterocycles. The highest BCUT2D eigenvalue weighted by Crippen LogP contribution is 2.35. The molecule has 0 aliphatic carbocycles. The summed E-state index contributed by atoms with van der Waals surface area (Å²) in [7, 11) is 2.55. The normalized spacial score (nSPS) is 15.7. The lowest BCUT2D eigenvalue weighted by molar-refractivity contribution is -0.148. The number of carbonyl (C=O) groups excluding carboxylic acids is 4. The zero-order chi connectivity index (χ0) is 24.4. The molecule has 0 saturated carbocycles. The highest BCUT2D eigenvalue weighted by Gasteiger charge is 2.41. The number of hydrogen-bond donors (Lipinski definition) is 0. The van der Waals surface area contributed by atoms with E-state index in [1.165, 1.54) is 21.1 Å². The number of para-hydroxylation sites is 1. The van der Waals surface area contributed by atoms with Crippen LogP contribution in [0.2, 0.25) is 0 Å². The summed E-state index contributed by atoms with van der Waals surface area (Å²) in [5.41, 5.74) is 3.06. The number of carbonyl (C=O) groups is 4. The second-order valence-corrected chi connectivity index (χ2v) is 8.67. The lowest BCUT2D eigenvalue weighted by Crippen LogP contribution is -2.42. The van der Waals surface area contributed by atoms with E-state index in [0.29, 0.717) is 12.1 Å². The average molecular weight is 479 g/mol. The topological polar surface area (TPSA) is 94.9 Å². The highest BCUT2D eigenvalue weighted by molar-refractivity contribution is 8.18. The minimum absolute atomic E-state index is 0.233. The van der Waals surface area contributed by atoms with Gasteiger partial charge in [-0.05, 0) is 48.5 Å². The number of ether oxygens (including phenoxy) is 2. The number of aromatic nitrogens is 1. The van der Waals surface area contributed by atoms with Gasteiger partial charge in [-0.25, -0.2) is 9.59 Å². The fraction of sp³-hybridized carbons (Fsp3) is 0.200. The van der Waals surface area contributed by atoms with Crippen molar-refractivity contribution in [2.75, 3.05) is 14.2 Å². The van der Waals surface area contributed by atoms with Gasteiger partial charge in [0.25, 0.3) is 11.1 Å². The van der Waals surface area contributed by atoms with Crippen LogP contribution in [-0.4, -0.2) is 52.8 Å². The Morgan fingerprint density at radius 3 is 2.56 bits per heavy atom. The number of esters is 2. The van der Waals surface area contributed by atoms with Crippen molar-refractivity contribution >= 4 is 51.8 Å². The molecule has 0 spiro atoms. The molecular formula is C25H22N2O6S. The van der Waals surface area contributed by atoms with Crippen molar-refractivity contribution in [2.24, 2.45) is 0 Å². The number of methoxy groups -OCH3 is 2. The average Bonchev–Trinajstić information content (AvgIpc) is 3.33. The molecule has 0 N–H and O–H groups in total. The predicted octanol–water partition coefficient (Wildman–Crippen LogP) is 4.07. The zero-order valence-electron chi connectivity index (χ0n) is 18.8. The van der Waals surface area contributed by atoms with Crippen LogP contribution in [0.1, 0.15) is 28.4 Å². The Morgan fingerprint density at radius 1 is 1.06 bits per heavy atom. The predicted molar refractivity (Wildman–Crippen MR) is 128 cm³/mol. The molecule has 34 heavy (non-hydrogen) atoms. The molecule has 0 bridgehead atoms. The van der Waals surface area contributed by atoms with Crippen LogP contribution in [0.25, 0.3) is 17.0 Å². The number of nitrogens with zero attached hydrogens (tertiary/aromatic N) is 2. The van der Waals surface area contributed by atoms with Gasteiger partial charge in [0.05, 0.1) is 24.7 Å². The van der Waals surface area contributed by atoms with Gasteiger partial charge in [-0.3, -0.25) is 14.5 Å². The maximum atomic E-state index is 12.9.